The first-order chi connectivity index (χ1) is 45.6. The molecule has 2 rings (SSSR count). The Labute approximate surface area is 603 Å². The third-order valence-electron chi connectivity index (χ3n) is 14.3. The highest BCUT2D eigenvalue weighted by Crippen LogP contribution is 2.23. The molecule has 99 heavy (non-hydrogen) atoms. The molecule has 2 saturated heterocycles. The van der Waals surface area contributed by atoms with Crippen LogP contribution in [-0.2, 0) is 23.9 Å². The Morgan fingerprint density at radius 2 is 1.03 bits per heavy atom. The number of carbonyl (C=O) groups is 6. The van der Waals surface area contributed by atoms with Gasteiger partial charge in [0.15, 0.2) is 11.0 Å². The Hall–Kier alpha value is -5.92. The molecule has 2 aliphatic heterocycles. The van der Waals surface area contributed by atoms with Crippen LogP contribution < -0.4 is 37.2 Å². The largest absolute Gasteiger partial charge is 0.451 e. The molecular weight excluding hydrogens is 1260 g/mol. The highest BCUT2D eigenvalue weighted by molar-refractivity contribution is 5.79. The van der Waals surface area contributed by atoms with E-state index in [1.165, 1.54) is 33.3 Å². The van der Waals surface area contributed by atoms with Crippen LogP contribution in [0.3, 0.4) is 0 Å². The van der Waals surface area contributed by atoms with Crippen molar-refractivity contribution in [1.29, 1.82) is 0 Å². The topological polar surface area (TPSA) is 326 Å². The van der Waals surface area contributed by atoms with Crippen molar-refractivity contribution in [3.63, 3.8) is 0 Å². The number of hydrogen-bond acceptors (Lipinski definition) is 13. The number of hydrazone groups is 1. The van der Waals surface area contributed by atoms with Crippen LogP contribution in [0.25, 0.3) is 0 Å². The van der Waals surface area contributed by atoms with E-state index in [4.69, 9.17) is 15.2 Å². The predicted molar refractivity (Wildman–Crippen MR) is 408 cm³/mol. The number of amides is 7. The third kappa shape index (κ3) is 82.7. The molecule has 0 bridgehead atoms. The Bertz CT molecular complexity index is 2130. The van der Waals surface area contributed by atoms with E-state index in [0.717, 1.165) is 153 Å². The number of ether oxygens (including phenoxy) is 2. The molecule has 0 unspecified atom stereocenters. The molecule has 7 amide bonds. The van der Waals surface area contributed by atoms with Crippen LogP contribution in [-0.4, -0.2) is 190 Å². The lowest BCUT2D eigenvalue weighted by Crippen LogP contribution is -2.36. The maximum atomic E-state index is 11.2. The first-order valence-electron chi connectivity index (χ1n) is 36.6. The van der Waals surface area contributed by atoms with Gasteiger partial charge >= 0.3 is 18.2 Å². The summed E-state index contributed by atoms with van der Waals surface area (Å²) in [6.07, 6.45) is 16.9. The molecule has 0 aromatic heterocycles. The van der Waals surface area contributed by atoms with E-state index >= 15 is 0 Å². The Kier molecular flexibility index (Phi) is 63.9. The zero-order valence-corrected chi connectivity index (χ0v) is 68.3. The number of aliphatic imine (C=N–C) groups is 1. The average molecular weight is 1420 g/mol. The van der Waals surface area contributed by atoms with Gasteiger partial charge in [0.25, 0.3) is 5.96 Å². The average Bonchev–Trinajstić information content (AvgIpc) is 1.81. The minimum atomic E-state index is -0.721. The lowest BCUT2D eigenvalue weighted by molar-refractivity contribution is -0.485. The summed E-state index contributed by atoms with van der Waals surface area (Å²) < 4.78 is 9.08. The predicted octanol–water partition coefficient (Wildman–Crippen LogP) is 14.3. The lowest BCUT2D eigenvalue weighted by atomic mass is 9.90. The number of unbranched alkanes of at least 4 members (excludes halogenated alkanes) is 1. The first kappa shape index (κ1) is 104. The van der Waals surface area contributed by atoms with Gasteiger partial charge in [-0.3, -0.25) is 29.8 Å². The van der Waals surface area contributed by atoms with Crippen LogP contribution in [0.1, 0.15) is 275 Å². The molecule has 9 N–H and O–H groups in total. The summed E-state index contributed by atoms with van der Waals surface area (Å²) >= 11 is 0. The number of urea groups is 1. The van der Waals surface area contributed by atoms with Gasteiger partial charge < -0.3 is 56.5 Å². The fourth-order valence-corrected chi connectivity index (χ4v) is 8.35. The summed E-state index contributed by atoms with van der Waals surface area (Å²) in [5.41, 5.74) is 1.71. The van der Waals surface area contributed by atoms with E-state index in [9.17, 15) is 38.9 Å². The number of nitrogens with zero attached hydrogens (tertiary/aromatic N) is 7. The van der Waals surface area contributed by atoms with Gasteiger partial charge in [-0.15, -0.1) is 0 Å². The van der Waals surface area contributed by atoms with Crippen LogP contribution in [0.15, 0.2) is 10.1 Å². The van der Waals surface area contributed by atoms with Crippen LogP contribution in [0.2, 0.25) is 0 Å². The highest BCUT2D eigenvalue weighted by atomic mass is 16.7. The summed E-state index contributed by atoms with van der Waals surface area (Å²) in [7, 11) is 6.49. The molecule has 0 aromatic rings. The maximum Gasteiger partial charge on any atom is 0.433 e. The Morgan fingerprint density at radius 3 is 1.38 bits per heavy atom. The number of cyclic esters (lactones) is 1. The van der Waals surface area contributed by atoms with E-state index < -0.39 is 11.1 Å². The number of rotatable bonds is 29. The van der Waals surface area contributed by atoms with Crippen molar-refractivity contribution in [1.82, 2.24) is 57.1 Å². The van der Waals surface area contributed by atoms with Crippen molar-refractivity contribution in [2.75, 3.05) is 107 Å². The fourth-order valence-electron chi connectivity index (χ4n) is 8.35. The molecule has 0 aromatic carbocycles. The summed E-state index contributed by atoms with van der Waals surface area (Å²) in [5, 5.41) is 52.2. The van der Waals surface area contributed by atoms with Gasteiger partial charge in [0, 0.05) is 99.3 Å². The highest BCUT2D eigenvalue weighted by Gasteiger charge is 2.21. The van der Waals surface area contributed by atoms with E-state index in [0.29, 0.717) is 59.9 Å². The Morgan fingerprint density at radius 1 is 0.616 bits per heavy atom. The maximum absolute atomic E-state index is 11.2. The van der Waals surface area contributed by atoms with Crippen molar-refractivity contribution < 1.29 is 53.7 Å². The van der Waals surface area contributed by atoms with E-state index in [1.807, 2.05) is 32.7 Å². The quantitative estimate of drug-likeness (QED) is 0.00839. The van der Waals surface area contributed by atoms with Crippen LogP contribution in [0, 0.1) is 54.9 Å². The van der Waals surface area contributed by atoms with Gasteiger partial charge in [-0.1, -0.05) is 166 Å². The molecule has 0 spiro atoms. The number of methoxy groups -OCH3 is 1. The molecule has 2 heterocycles. The summed E-state index contributed by atoms with van der Waals surface area (Å²) in [6.45, 7) is 59.7. The van der Waals surface area contributed by atoms with Gasteiger partial charge in [-0.05, 0) is 135 Å². The normalized spacial score (nSPS) is 13.0. The number of guanidine groups is 2. The molecule has 0 aliphatic carbocycles. The number of hydrogen-bond donors (Lipinski definition) is 9. The number of hydroxylamine groups is 4. The van der Waals surface area contributed by atoms with Gasteiger partial charge in [0.05, 0.1) is 20.2 Å². The SMILES string of the molecule is CC(=O)N(O)CCCC(C)(C)C.CC(C)C(=O)NCCCC(C)(C)C.CC(C)CCCN1CCNC1=O.CCC(=O)NCCCC(C)(C)C.CCCCN1CCOC1=O.CN/C(=N\[N+](=O)[O-])NCCCC(C)C.CN=C(NC)NCCCC(C)(C)C.COC(=O)N(O)CCCC(C)(C)C. The molecule has 0 atom stereocenters. The second kappa shape index (κ2) is 60.8. The van der Waals surface area contributed by atoms with Gasteiger partial charge in [0.2, 0.25) is 17.7 Å². The first-order valence-corrected chi connectivity index (χ1v) is 36.6. The van der Waals surface area contributed by atoms with Crippen LogP contribution >= 0.6 is 0 Å². The zero-order chi connectivity index (χ0) is 78.0. The fraction of sp³-hybridized carbons (Fsp3) is 0.890. The lowest BCUT2D eigenvalue weighted by Gasteiger charge is -2.19. The molecule has 0 saturated carbocycles. The standard InChI is InChI=1S/C11H23NO.C10H23N3.C10H21NO.C9H18N2O.C9H19NO3.C9H19NO2.C8H18N4O2.C7H13NO2/c1-9(2)10(13)12-8-6-7-11(3,4)5;1-10(2,3)7-6-8-13-9(11-4)12-5;1-5-9(12)11-8-6-7-10(2,3)4;1-8(2)4-3-6-11-7-5-10-9(11)12;1-9(2,3)6-5-7-10(12)8(11)13-4;1-8(11)10(12)7-5-6-9(2,3)4;1-7(2)5-4-6-10-8(9-3)11-12(13)14;1-2-3-4-8-5-6-10-7(8)9/h9H,6-8H2,1-5H3,(H,12,13);6-8H2,1-5H3,(H2,11,12,13);5-8H2,1-4H3,(H,11,12);8H,3-7H2,1-2H3,(H,10,12);12H,5-7H2,1-4H3;12H,5-7H2,1-4H3;7H,4-6H2,1-3H3,(H2,9,10,11);2-6H2,1H3. The zero-order valence-electron chi connectivity index (χ0n) is 68.3. The van der Waals surface area contributed by atoms with Gasteiger partial charge in [0.1, 0.15) is 11.7 Å². The molecule has 26 heteroatoms. The molecule has 0 radical (unpaired) electrons. The van der Waals surface area contributed by atoms with Gasteiger partial charge in [-0.2, -0.15) is 5.06 Å². The monoisotopic (exact) mass is 1420 g/mol. The van der Waals surface area contributed by atoms with Crippen LogP contribution in [0.5, 0.6) is 0 Å². The van der Waals surface area contributed by atoms with Crippen LogP contribution in [0.4, 0.5) is 14.4 Å². The second-order valence-electron chi connectivity index (χ2n) is 32.1. The smallest absolute Gasteiger partial charge is 0.433 e. The molecule has 2 fully saturated rings. The van der Waals surface area contributed by atoms with Crippen molar-refractivity contribution >= 4 is 47.9 Å². The molecule has 2 aliphatic rings. The van der Waals surface area contributed by atoms with E-state index in [1.54, 1.807) is 19.0 Å². The third-order valence-corrected chi connectivity index (χ3v) is 14.3. The van der Waals surface area contributed by atoms with Crippen molar-refractivity contribution in [3.8, 4) is 0 Å². The summed E-state index contributed by atoms with van der Waals surface area (Å²) in [4.78, 5) is 82.9. The second-order valence-corrected chi connectivity index (χ2v) is 32.1. The summed E-state index contributed by atoms with van der Waals surface area (Å²) in [6, 6.07) is 0.110. The van der Waals surface area contributed by atoms with Crippen molar-refractivity contribution in [2.24, 2.45) is 54.9 Å². The number of nitrogens with one attached hydrogen (secondary N) is 7. The minimum absolute atomic E-state index is 0.106. The Balaban J connectivity index is -0.000000250. The number of nitro groups is 1. The van der Waals surface area contributed by atoms with Crippen molar-refractivity contribution in [2.45, 2.75) is 275 Å². The van der Waals surface area contributed by atoms with Gasteiger partial charge in [-0.25, -0.2) is 29.6 Å². The van der Waals surface area contributed by atoms with E-state index in [2.05, 4.69) is 191 Å². The number of carbonyl (C=O) groups excluding carboxylic acids is 6. The molecular formula is C73H154N14O12. The van der Waals surface area contributed by atoms with E-state index in [-0.39, 0.29) is 52.6 Å². The molecule has 588 valence electrons. The minimum Gasteiger partial charge on any atom is -0.451 e. The molecule has 26 nitrogen and oxygen atoms in total. The summed E-state index contributed by atoms with van der Waals surface area (Å²) in [5.74, 6) is 2.61. The van der Waals surface area contributed by atoms with Crippen molar-refractivity contribution in [3.05, 3.63) is 10.1 Å².